The third kappa shape index (κ3) is 0.967. The molecule has 0 atom stereocenters. The van der Waals surface area contributed by atoms with Gasteiger partial charge in [0.1, 0.15) is 12.3 Å². The summed E-state index contributed by atoms with van der Waals surface area (Å²) in [6.45, 7) is -0.110. The minimum atomic E-state index is -0.110. The van der Waals surface area contributed by atoms with Gasteiger partial charge in [-0.15, -0.1) is 0 Å². The molecule has 2 aromatic rings. The van der Waals surface area contributed by atoms with Crippen molar-refractivity contribution in [3.05, 3.63) is 24.3 Å². The van der Waals surface area contributed by atoms with Gasteiger partial charge in [-0.2, -0.15) is 0 Å². The molecular weight excluding hydrogens is 154 g/mol. The summed E-state index contributed by atoms with van der Waals surface area (Å²) < 4.78 is 1.90. The van der Waals surface area contributed by atoms with E-state index in [1.165, 1.54) is 0 Å². The SMILES string of the molecule is Cn1ccc2cnc(CO)nc21. The highest BCUT2D eigenvalue weighted by molar-refractivity contribution is 5.74. The number of hydrogen-bond acceptors (Lipinski definition) is 3. The van der Waals surface area contributed by atoms with Crippen molar-refractivity contribution in [2.24, 2.45) is 7.05 Å². The third-order valence-corrected chi connectivity index (χ3v) is 1.80. The van der Waals surface area contributed by atoms with Gasteiger partial charge in [-0.1, -0.05) is 0 Å². The first-order valence-electron chi connectivity index (χ1n) is 3.69. The summed E-state index contributed by atoms with van der Waals surface area (Å²) in [7, 11) is 1.91. The van der Waals surface area contributed by atoms with E-state index < -0.39 is 0 Å². The zero-order valence-electron chi connectivity index (χ0n) is 6.73. The van der Waals surface area contributed by atoms with Crippen LogP contribution in [0.4, 0.5) is 0 Å². The predicted octanol–water partition coefficient (Wildman–Crippen LogP) is 0.461. The largest absolute Gasteiger partial charge is 0.388 e. The van der Waals surface area contributed by atoms with E-state index in [1.807, 2.05) is 23.9 Å². The number of rotatable bonds is 1. The standard InChI is InChI=1S/C8H9N3O/c1-11-3-2-6-4-9-7(5-12)10-8(6)11/h2-4,12H,5H2,1H3. The molecule has 62 valence electrons. The van der Waals surface area contributed by atoms with E-state index in [0.29, 0.717) is 5.82 Å². The predicted molar refractivity (Wildman–Crippen MR) is 44.4 cm³/mol. The van der Waals surface area contributed by atoms with Gasteiger partial charge >= 0.3 is 0 Å². The molecule has 0 aliphatic heterocycles. The first-order chi connectivity index (χ1) is 5.81. The van der Waals surface area contributed by atoms with Gasteiger partial charge in [0.05, 0.1) is 0 Å². The molecule has 2 aromatic heterocycles. The quantitative estimate of drug-likeness (QED) is 0.664. The molecule has 0 aromatic carbocycles. The van der Waals surface area contributed by atoms with Crippen LogP contribution in [0.2, 0.25) is 0 Å². The second-order valence-electron chi connectivity index (χ2n) is 2.65. The number of aliphatic hydroxyl groups excluding tert-OH is 1. The maximum Gasteiger partial charge on any atom is 0.156 e. The molecule has 0 radical (unpaired) electrons. The average molecular weight is 163 g/mol. The molecule has 0 aliphatic rings. The molecule has 0 aliphatic carbocycles. The number of aryl methyl sites for hydroxylation is 1. The zero-order chi connectivity index (χ0) is 8.55. The second-order valence-corrected chi connectivity index (χ2v) is 2.65. The van der Waals surface area contributed by atoms with Crippen molar-refractivity contribution in [2.75, 3.05) is 0 Å². The Labute approximate surface area is 69.5 Å². The van der Waals surface area contributed by atoms with Gasteiger partial charge in [-0.25, -0.2) is 9.97 Å². The maximum atomic E-state index is 8.79. The second kappa shape index (κ2) is 2.57. The third-order valence-electron chi connectivity index (χ3n) is 1.80. The van der Waals surface area contributed by atoms with E-state index in [-0.39, 0.29) is 6.61 Å². The van der Waals surface area contributed by atoms with Crippen LogP contribution in [0, 0.1) is 0 Å². The molecule has 0 saturated heterocycles. The highest BCUT2D eigenvalue weighted by atomic mass is 16.3. The van der Waals surface area contributed by atoms with Gasteiger partial charge in [0.15, 0.2) is 5.82 Å². The normalized spacial score (nSPS) is 10.8. The van der Waals surface area contributed by atoms with Gasteiger partial charge in [0.2, 0.25) is 0 Å². The Bertz CT molecular complexity index is 408. The maximum absolute atomic E-state index is 8.79. The number of aromatic nitrogens is 3. The minimum absolute atomic E-state index is 0.110. The lowest BCUT2D eigenvalue weighted by Gasteiger charge is -1.96. The Hall–Kier alpha value is -1.42. The number of fused-ring (bicyclic) bond motifs is 1. The Kier molecular flexibility index (Phi) is 1.55. The zero-order valence-corrected chi connectivity index (χ0v) is 6.73. The fraction of sp³-hybridized carbons (Fsp3) is 0.250. The van der Waals surface area contributed by atoms with Crippen molar-refractivity contribution in [2.45, 2.75) is 6.61 Å². The summed E-state index contributed by atoms with van der Waals surface area (Å²) in [6, 6.07) is 1.94. The van der Waals surface area contributed by atoms with Crippen LogP contribution in [0.25, 0.3) is 11.0 Å². The summed E-state index contributed by atoms with van der Waals surface area (Å²) in [5.41, 5.74) is 0.856. The summed E-state index contributed by atoms with van der Waals surface area (Å²) in [6.07, 6.45) is 3.63. The molecule has 0 bridgehead atoms. The van der Waals surface area contributed by atoms with Crippen LogP contribution >= 0.6 is 0 Å². The molecule has 0 amide bonds. The first kappa shape index (κ1) is 7.24. The molecule has 0 spiro atoms. The van der Waals surface area contributed by atoms with Crippen LogP contribution in [-0.2, 0) is 13.7 Å². The summed E-state index contributed by atoms with van der Waals surface area (Å²) in [5.74, 6) is 0.462. The fourth-order valence-corrected chi connectivity index (χ4v) is 1.16. The lowest BCUT2D eigenvalue weighted by Crippen LogP contribution is -1.96. The van der Waals surface area contributed by atoms with Gasteiger partial charge in [0, 0.05) is 24.8 Å². The van der Waals surface area contributed by atoms with E-state index in [1.54, 1.807) is 6.20 Å². The van der Waals surface area contributed by atoms with Crippen LogP contribution in [0.15, 0.2) is 18.5 Å². The van der Waals surface area contributed by atoms with Crippen molar-refractivity contribution in [3.63, 3.8) is 0 Å². The molecule has 2 heterocycles. The number of aliphatic hydroxyl groups is 1. The molecule has 12 heavy (non-hydrogen) atoms. The first-order valence-corrected chi connectivity index (χ1v) is 3.69. The monoisotopic (exact) mass is 163 g/mol. The van der Waals surface area contributed by atoms with Gasteiger partial charge in [-0.3, -0.25) is 0 Å². The van der Waals surface area contributed by atoms with E-state index in [9.17, 15) is 0 Å². The molecular formula is C8H9N3O. The molecule has 0 fully saturated rings. The summed E-state index contributed by atoms with van der Waals surface area (Å²) in [4.78, 5) is 8.12. The lowest BCUT2D eigenvalue weighted by atomic mass is 10.4. The van der Waals surface area contributed by atoms with Crippen molar-refractivity contribution in [1.29, 1.82) is 0 Å². The van der Waals surface area contributed by atoms with Crippen LogP contribution < -0.4 is 0 Å². The van der Waals surface area contributed by atoms with E-state index >= 15 is 0 Å². The Morgan fingerprint density at radius 1 is 1.58 bits per heavy atom. The van der Waals surface area contributed by atoms with E-state index in [0.717, 1.165) is 11.0 Å². The average Bonchev–Trinajstić information content (AvgIpc) is 2.47. The smallest absolute Gasteiger partial charge is 0.156 e. The Balaban J connectivity index is 2.71. The van der Waals surface area contributed by atoms with Crippen LogP contribution in [-0.4, -0.2) is 19.6 Å². The molecule has 0 saturated carbocycles. The molecule has 2 rings (SSSR count). The van der Waals surface area contributed by atoms with Crippen molar-refractivity contribution in [3.8, 4) is 0 Å². The Morgan fingerprint density at radius 3 is 3.17 bits per heavy atom. The van der Waals surface area contributed by atoms with Crippen molar-refractivity contribution >= 4 is 11.0 Å². The van der Waals surface area contributed by atoms with Crippen molar-refractivity contribution in [1.82, 2.24) is 14.5 Å². The molecule has 4 heteroatoms. The Morgan fingerprint density at radius 2 is 2.42 bits per heavy atom. The van der Waals surface area contributed by atoms with E-state index in [4.69, 9.17) is 5.11 Å². The minimum Gasteiger partial charge on any atom is -0.388 e. The van der Waals surface area contributed by atoms with Gasteiger partial charge < -0.3 is 9.67 Å². The number of nitrogens with zero attached hydrogens (tertiary/aromatic N) is 3. The van der Waals surface area contributed by atoms with Gasteiger partial charge in [-0.05, 0) is 6.07 Å². The summed E-state index contributed by atoms with van der Waals surface area (Å²) in [5, 5.41) is 9.79. The van der Waals surface area contributed by atoms with Crippen LogP contribution in [0.3, 0.4) is 0 Å². The van der Waals surface area contributed by atoms with Crippen molar-refractivity contribution < 1.29 is 5.11 Å². The topological polar surface area (TPSA) is 50.9 Å². The highest BCUT2D eigenvalue weighted by Crippen LogP contribution is 2.10. The molecule has 0 unspecified atom stereocenters. The molecule has 1 N–H and O–H groups in total. The number of hydrogen-bond donors (Lipinski definition) is 1. The lowest BCUT2D eigenvalue weighted by molar-refractivity contribution is 0.271. The molecule has 4 nitrogen and oxygen atoms in total. The van der Waals surface area contributed by atoms with E-state index in [2.05, 4.69) is 9.97 Å². The fourth-order valence-electron chi connectivity index (χ4n) is 1.16. The van der Waals surface area contributed by atoms with Gasteiger partial charge in [0.25, 0.3) is 0 Å². The van der Waals surface area contributed by atoms with Crippen LogP contribution in [0.5, 0.6) is 0 Å². The highest BCUT2D eigenvalue weighted by Gasteiger charge is 2.00. The summed E-state index contributed by atoms with van der Waals surface area (Å²) >= 11 is 0. The van der Waals surface area contributed by atoms with Crippen LogP contribution in [0.1, 0.15) is 5.82 Å².